The van der Waals surface area contributed by atoms with Crippen LogP contribution < -0.4 is 10.1 Å². The van der Waals surface area contributed by atoms with Crippen molar-refractivity contribution in [3.05, 3.63) is 41.1 Å². The number of rotatable bonds is 3. The summed E-state index contributed by atoms with van der Waals surface area (Å²) in [6.45, 7) is 3.53. The van der Waals surface area contributed by atoms with Gasteiger partial charge in [0.25, 0.3) is 5.91 Å². The van der Waals surface area contributed by atoms with E-state index in [9.17, 15) is 9.90 Å². The van der Waals surface area contributed by atoms with Crippen LogP contribution in [0.15, 0.2) is 24.3 Å². The minimum absolute atomic E-state index is 0.118. The molecule has 0 radical (unpaired) electrons. The van der Waals surface area contributed by atoms with Crippen molar-refractivity contribution in [2.45, 2.75) is 13.8 Å². The highest BCUT2D eigenvalue weighted by Crippen LogP contribution is 2.17. The molecule has 1 amide bonds. The molecule has 0 aliphatic carbocycles. The largest absolute Gasteiger partial charge is 0.508 e. The second kappa shape index (κ2) is 5.56. The van der Waals surface area contributed by atoms with Crippen LogP contribution in [0.25, 0.3) is 0 Å². The van der Waals surface area contributed by atoms with Gasteiger partial charge in [0, 0.05) is 17.3 Å². The average Bonchev–Trinajstić information content (AvgIpc) is 2.37. The van der Waals surface area contributed by atoms with Gasteiger partial charge in [0.2, 0.25) is 11.8 Å². The first-order valence-corrected chi connectivity index (χ1v) is 6.00. The van der Waals surface area contributed by atoms with Gasteiger partial charge in [-0.05, 0) is 37.6 Å². The lowest BCUT2D eigenvalue weighted by atomic mass is 10.1. The fourth-order valence-electron chi connectivity index (χ4n) is 1.77. The maximum absolute atomic E-state index is 12.1. The monoisotopic (exact) mass is 273 g/mol. The van der Waals surface area contributed by atoms with Crippen LogP contribution >= 0.6 is 0 Å². The maximum Gasteiger partial charge on any atom is 0.258 e. The van der Waals surface area contributed by atoms with E-state index in [1.165, 1.54) is 19.2 Å². The smallest absolute Gasteiger partial charge is 0.258 e. The number of methoxy groups -OCH3 is 1. The Balaban J connectivity index is 2.25. The zero-order valence-electron chi connectivity index (χ0n) is 11.5. The Hall–Kier alpha value is -2.63. The third kappa shape index (κ3) is 3.03. The lowest BCUT2D eigenvalue weighted by molar-refractivity contribution is 0.102. The molecule has 0 saturated carbocycles. The van der Waals surface area contributed by atoms with Crippen LogP contribution in [0.4, 0.5) is 5.95 Å². The van der Waals surface area contributed by atoms with Crippen LogP contribution in [0, 0.1) is 13.8 Å². The highest BCUT2D eigenvalue weighted by Gasteiger charge is 2.12. The van der Waals surface area contributed by atoms with Crippen molar-refractivity contribution in [2.75, 3.05) is 12.4 Å². The molecular formula is C14H15N3O3. The number of hydrogen-bond acceptors (Lipinski definition) is 5. The summed E-state index contributed by atoms with van der Waals surface area (Å²) in [5.74, 6) is 0.345. The number of carbonyl (C=O) groups is 1. The summed E-state index contributed by atoms with van der Waals surface area (Å²) in [6, 6.07) is 6.20. The lowest BCUT2D eigenvalue weighted by Crippen LogP contribution is -2.16. The summed E-state index contributed by atoms with van der Waals surface area (Å²) >= 11 is 0. The van der Waals surface area contributed by atoms with Gasteiger partial charge in [-0.15, -0.1) is 0 Å². The summed E-state index contributed by atoms with van der Waals surface area (Å²) in [7, 11) is 1.50. The number of ether oxygens (including phenoxy) is 1. The topological polar surface area (TPSA) is 84.3 Å². The molecule has 0 unspecified atom stereocenters. The summed E-state index contributed by atoms with van der Waals surface area (Å²) in [5.41, 5.74) is 1.81. The predicted octanol–water partition coefficient (Wildman–Crippen LogP) is 2.06. The normalized spacial score (nSPS) is 10.2. The average molecular weight is 273 g/mol. The Kier molecular flexibility index (Phi) is 3.84. The molecule has 1 aromatic heterocycles. The van der Waals surface area contributed by atoms with E-state index in [1.807, 2.05) is 0 Å². The Morgan fingerprint density at radius 3 is 2.65 bits per heavy atom. The molecule has 1 aromatic carbocycles. The summed E-state index contributed by atoms with van der Waals surface area (Å²) < 4.78 is 5.03. The number of nitrogens with zero attached hydrogens (tertiary/aromatic N) is 2. The SMILES string of the molecule is COc1cc(C)nc(NC(=O)c2ccc(O)cc2C)n1. The van der Waals surface area contributed by atoms with Crippen LogP contribution in [0.5, 0.6) is 11.6 Å². The molecule has 0 fully saturated rings. The standard InChI is InChI=1S/C14H15N3O3/c1-8-6-10(18)4-5-11(8)13(19)17-14-15-9(2)7-12(16-14)20-3/h4-7,18H,1-3H3,(H,15,16,17,19). The van der Waals surface area contributed by atoms with E-state index in [0.717, 1.165) is 0 Å². The molecule has 2 rings (SSSR count). The predicted molar refractivity (Wildman–Crippen MR) is 74.1 cm³/mol. The van der Waals surface area contributed by atoms with Crippen LogP contribution in [0.3, 0.4) is 0 Å². The van der Waals surface area contributed by atoms with E-state index in [4.69, 9.17) is 4.74 Å². The number of phenols is 1. The number of anilines is 1. The van der Waals surface area contributed by atoms with E-state index in [0.29, 0.717) is 22.7 Å². The highest BCUT2D eigenvalue weighted by atomic mass is 16.5. The van der Waals surface area contributed by atoms with E-state index in [1.54, 1.807) is 26.0 Å². The van der Waals surface area contributed by atoms with Crippen molar-refractivity contribution < 1.29 is 14.6 Å². The van der Waals surface area contributed by atoms with Crippen molar-refractivity contribution in [3.8, 4) is 11.6 Å². The van der Waals surface area contributed by atoms with Crippen molar-refractivity contribution >= 4 is 11.9 Å². The van der Waals surface area contributed by atoms with Crippen LogP contribution in [0.1, 0.15) is 21.6 Å². The van der Waals surface area contributed by atoms with Crippen molar-refractivity contribution in [3.63, 3.8) is 0 Å². The number of benzene rings is 1. The number of aromatic hydroxyl groups is 1. The van der Waals surface area contributed by atoms with Gasteiger partial charge in [-0.2, -0.15) is 4.98 Å². The van der Waals surface area contributed by atoms with Crippen molar-refractivity contribution in [1.82, 2.24) is 9.97 Å². The minimum atomic E-state index is -0.338. The zero-order chi connectivity index (χ0) is 14.7. The number of aryl methyl sites for hydroxylation is 2. The van der Waals surface area contributed by atoms with E-state index in [2.05, 4.69) is 15.3 Å². The van der Waals surface area contributed by atoms with E-state index in [-0.39, 0.29) is 17.6 Å². The zero-order valence-corrected chi connectivity index (χ0v) is 11.5. The molecule has 6 heteroatoms. The number of carbonyl (C=O) groups excluding carboxylic acids is 1. The fourth-order valence-corrected chi connectivity index (χ4v) is 1.77. The van der Waals surface area contributed by atoms with E-state index < -0.39 is 0 Å². The summed E-state index contributed by atoms with van der Waals surface area (Å²) in [4.78, 5) is 20.3. The van der Waals surface area contributed by atoms with Crippen LogP contribution in [0.2, 0.25) is 0 Å². The molecule has 0 aliphatic rings. The van der Waals surface area contributed by atoms with Crippen LogP contribution in [-0.2, 0) is 0 Å². The maximum atomic E-state index is 12.1. The van der Waals surface area contributed by atoms with Gasteiger partial charge in [-0.3, -0.25) is 10.1 Å². The van der Waals surface area contributed by atoms with Gasteiger partial charge in [-0.25, -0.2) is 4.98 Å². The molecule has 0 bridgehead atoms. The quantitative estimate of drug-likeness (QED) is 0.894. The Bertz CT molecular complexity index is 656. The first kappa shape index (κ1) is 13.8. The van der Waals surface area contributed by atoms with Gasteiger partial charge in [0.1, 0.15) is 5.75 Å². The molecular weight excluding hydrogens is 258 g/mol. The fraction of sp³-hybridized carbons (Fsp3) is 0.214. The third-order valence-electron chi connectivity index (χ3n) is 2.72. The Morgan fingerprint density at radius 2 is 2.00 bits per heavy atom. The van der Waals surface area contributed by atoms with Gasteiger partial charge in [0.15, 0.2) is 0 Å². The van der Waals surface area contributed by atoms with Crippen molar-refractivity contribution in [2.24, 2.45) is 0 Å². The first-order chi connectivity index (χ1) is 9.49. The molecule has 1 heterocycles. The Morgan fingerprint density at radius 1 is 1.25 bits per heavy atom. The Labute approximate surface area is 116 Å². The number of aromatic nitrogens is 2. The lowest BCUT2D eigenvalue weighted by Gasteiger charge is -2.08. The minimum Gasteiger partial charge on any atom is -0.508 e. The number of nitrogens with one attached hydrogen (secondary N) is 1. The van der Waals surface area contributed by atoms with Crippen molar-refractivity contribution in [1.29, 1.82) is 0 Å². The molecule has 104 valence electrons. The molecule has 2 aromatic rings. The van der Waals surface area contributed by atoms with Gasteiger partial charge < -0.3 is 9.84 Å². The van der Waals surface area contributed by atoms with Gasteiger partial charge >= 0.3 is 0 Å². The summed E-state index contributed by atoms with van der Waals surface area (Å²) in [6.07, 6.45) is 0. The molecule has 0 atom stereocenters. The molecule has 20 heavy (non-hydrogen) atoms. The molecule has 0 saturated heterocycles. The summed E-state index contributed by atoms with van der Waals surface area (Å²) in [5, 5.41) is 12.0. The molecule has 0 spiro atoms. The molecule has 2 N–H and O–H groups in total. The number of hydrogen-bond donors (Lipinski definition) is 2. The number of amides is 1. The van der Waals surface area contributed by atoms with Crippen LogP contribution in [-0.4, -0.2) is 28.1 Å². The molecule has 6 nitrogen and oxygen atoms in total. The van der Waals surface area contributed by atoms with E-state index >= 15 is 0 Å². The second-order valence-electron chi connectivity index (χ2n) is 4.33. The third-order valence-corrected chi connectivity index (χ3v) is 2.72. The highest BCUT2D eigenvalue weighted by molar-refractivity contribution is 6.04. The van der Waals surface area contributed by atoms with Gasteiger partial charge in [0.05, 0.1) is 7.11 Å². The van der Waals surface area contributed by atoms with Gasteiger partial charge in [-0.1, -0.05) is 0 Å². The first-order valence-electron chi connectivity index (χ1n) is 6.00. The molecule has 0 aliphatic heterocycles. The number of phenolic OH excluding ortho intramolecular Hbond substituents is 1. The second-order valence-corrected chi connectivity index (χ2v) is 4.33.